The highest BCUT2D eigenvalue weighted by molar-refractivity contribution is 4.82. The SMILES string of the molecule is CCCNC(C)(CO)CCCCN1CCCCC1. The van der Waals surface area contributed by atoms with Crippen LogP contribution in [-0.4, -0.2) is 48.3 Å². The molecule has 18 heavy (non-hydrogen) atoms. The highest BCUT2D eigenvalue weighted by Crippen LogP contribution is 2.15. The fraction of sp³-hybridized carbons (Fsp3) is 1.00. The zero-order chi connectivity index (χ0) is 13.3. The van der Waals surface area contributed by atoms with E-state index in [0.717, 1.165) is 19.4 Å². The van der Waals surface area contributed by atoms with Crippen LogP contribution in [0.3, 0.4) is 0 Å². The second kappa shape index (κ2) is 8.89. The van der Waals surface area contributed by atoms with Crippen LogP contribution in [0, 0.1) is 0 Å². The Kier molecular flexibility index (Phi) is 7.87. The van der Waals surface area contributed by atoms with Gasteiger partial charge in [-0.15, -0.1) is 0 Å². The maximum atomic E-state index is 9.49. The van der Waals surface area contributed by atoms with Crippen molar-refractivity contribution in [2.24, 2.45) is 0 Å². The van der Waals surface area contributed by atoms with Crippen LogP contribution >= 0.6 is 0 Å². The Labute approximate surface area is 113 Å². The van der Waals surface area contributed by atoms with Crippen molar-refractivity contribution in [3.63, 3.8) is 0 Å². The lowest BCUT2D eigenvalue weighted by Crippen LogP contribution is -2.46. The largest absolute Gasteiger partial charge is 0.394 e. The molecule has 0 saturated carbocycles. The highest BCUT2D eigenvalue weighted by Gasteiger charge is 2.21. The van der Waals surface area contributed by atoms with Crippen LogP contribution < -0.4 is 5.32 Å². The van der Waals surface area contributed by atoms with E-state index in [9.17, 15) is 5.11 Å². The molecule has 0 spiro atoms. The molecule has 1 aliphatic heterocycles. The summed E-state index contributed by atoms with van der Waals surface area (Å²) in [5.41, 5.74) is -0.0715. The second-order valence-corrected chi connectivity index (χ2v) is 6.00. The third kappa shape index (κ3) is 6.17. The van der Waals surface area contributed by atoms with Crippen molar-refractivity contribution >= 4 is 0 Å². The molecule has 0 bridgehead atoms. The number of aliphatic hydroxyl groups is 1. The van der Waals surface area contributed by atoms with Gasteiger partial charge in [-0.05, 0) is 65.2 Å². The second-order valence-electron chi connectivity index (χ2n) is 6.00. The van der Waals surface area contributed by atoms with E-state index < -0.39 is 0 Å². The molecular formula is C15H32N2O. The predicted octanol–water partition coefficient (Wildman–Crippen LogP) is 2.39. The Balaban J connectivity index is 2.10. The summed E-state index contributed by atoms with van der Waals surface area (Å²) in [6, 6.07) is 0. The van der Waals surface area contributed by atoms with Gasteiger partial charge in [0.15, 0.2) is 0 Å². The molecule has 3 nitrogen and oxygen atoms in total. The van der Waals surface area contributed by atoms with Gasteiger partial charge in [-0.25, -0.2) is 0 Å². The van der Waals surface area contributed by atoms with Gasteiger partial charge in [0.25, 0.3) is 0 Å². The first-order valence-corrected chi connectivity index (χ1v) is 7.78. The van der Waals surface area contributed by atoms with Crippen LogP contribution in [0.15, 0.2) is 0 Å². The number of aliphatic hydroxyl groups excluding tert-OH is 1. The van der Waals surface area contributed by atoms with E-state index in [1.54, 1.807) is 0 Å². The topological polar surface area (TPSA) is 35.5 Å². The Morgan fingerprint density at radius 3 is 2.50 bits per heavy atom. The molecule has 1 rings (SSSR count). The first kappa shape index (κ1) is 15.9. The Morgan fingerprint density at radius 1 is 1.17 bits per heavy atom. The van der Waals surface area contributed by atoms with Crippen LogP contribution in [0.2, 0.25) is 0 Å². The van der Waals surface area contributed by atoms with Crippen LogP contribution in [0.25, 0.3) is 0 Å². The summed E-state index contributed by atoms with van der Waals surface area (Å²) in [4.78, 5) is 2.60. The van der Waals surface area contributed by atoms with Gasteiger partial charge in [0.05, 0.1) is 6.61 Å². The minimum Gasteiger partial charge on any atom is -0.394 e. The fourth-order valence-electron chi connectivity index (χ4n) is 2.68. The summed E-state index contributed by atoms with van der Waals surface area (Å²) in [5, 5.41) is 13.0. The van der Waals surface area contributed by atoms with E-state index in [1.807, 2.05) is 0 Å². The van der Waals surface area contributed by atoms with Gasteiger partial charge in [-0.1, -0.05) is 19.8 Å². The molecule has 0 aromatic rings. The van der Waals surface area contributed by atoms with Gasteiger partial charge in [0, 0.05) is 5.54 Å². The quantitative estimate of drug-likeness (QED) is 0.622. The number of likely N-dealkylation sites (tertiary alicyclic amines) is 1. The molecule has 1 unspecified atom stereocenters. The smallest absolute Gasteiger partial charge is 0.0610 e. The van der Waals surface area contributed by atoms with Crippen LogP contribution in [0.5, 0.6) is 0 Å². The standard InChI is InChI=1S/C15H32N2O/c1-3-10-16-15(2,14-18)9-5-8-13-17-11-6-4-7-12-17/h16,18H,3-14H2,1-2H3. The number of rotatable bonds is 9. The van der Waals surface area contributed by atoms with Gasteiger partial charge >= 0.3 is 0 Å². The van der Waals surface area contributed by atoms with Crippen molar-refractivity contribution in [2.75, 3.05) is 32.8 Å². The first-order chi connectivity index (χ1) is 8.70. The molecule has 108 valence electrons. The molecule has 1 aliphatic rings. The molecule has 2 N–H and O–H groups in total. The average molecular weight is 256 g/mol. The van der Waals surface area contributed by atoms with E-state index in [4.69, 9.17) is 0 Å². The van der Waals surface area contributed by atoms with E-state index in [2.05, 4.69) is 24.1 Å². The molecule has 1 atom stereocenters. The number of hydrogen-bond acceptors (Lipinski definition) is 3. The summed E-state index contributed by atoms with van der Waals surface area (Å²) in [7, 11) is 0. The van der Waals surface area contributed by atoms with E-state index in [-0.39, 0.29) is 12.1 Å². The third-order valence-electron chi connectivity index (χ3n) is 4.05. The van der Waals surface area contributed by atoms with Crippen molar-refractivity contribution in [3.8, 4) is 0 Å². The maximum Gasteiger partial charge on any atom is 0.0610 e. The molecule has 1 saturated heterocycles. The van der Waals surface area contributed by atoms with Crippen molar-refractivity contribution in [2.45, 2.75) is 64.3 Å². The van der Waals surface area contributed by atoms with Gasteiger partial charge < -0.3 is 15.3 Å². The molecule has 1 heterocycles. The molecule has 0 aliphatic carbocycles. The van der Waals surface area contributed by atoms with E-state index >= 15 is 0 Å². The van der Waals surface area contributed by atoms with Gasteiger partial charge in [-0.3, -0.25) is 0 Å². The van der Waals surface area contributed by atoms with Gasteiger partial charge in [0.1, 0.15) is 0 Å². The normalized spacial score (nSPS) is 20.8. The Bertz CT molecular complexity index is 205. The monoisotopic (exact) mass is 256 g/mol. The highest BCUT2D eigenvalue weighted by atomic mass is 16.3. The van der Waals surface area contributed by atoms with Crippen LogP contribution in [0.1, 0.15) is 58.8 Å². The molecule has 1 fully saturated rings. The summed E-state index contributed by atoms with van der Waals surface area (Å²) >= 11 is 0. The number of nitrogens with zero attached hydrogens (tertiary/aromatic N) is 1. The van der Waals surface area contributed by atoms with Crippen molar-refractivity contribution in [3.05, 3.63) is 0 Å². The zero-order valence-corrected chi connectivity index (χ0v) is 12.4. The number of hydrogen-bond donors (Lipinski definition) is 2. The summed E-state index contributed by atoms with van der Waals surface area (Å²) in [6.45, 7) is 9.40. The Hall–Kier alpha value is -0.120. The van der Waals surface area contributed by atoms with Crippen molar-refractivity contribution < 1.29 is 5.11 Å². The lowest BCUT2D eigenvalue weighted by molar-refractivity contribution is 0.159. The third-order valence-corrected chi connectivity index (χ3v) is 4.05. The minimum atomic E-state index is -0.0715. The van der Waals surface area contributed by atoms with E-state index in [0.29, 0.717) is 0 Å². The zero-order valence-electron chi connectivity index (χ0n) is 12.4. The molecule has 0 aromatic carbocycles. The molecule has 3 heteroatoms. The molecule has 0 amide bonds. The maximum absolute atomic E-state index is 9.49. The average Bonchev–Trinajstić information content (AvgIpc) is 2.43. The molecule has 0 radical (unpaired) electrons. The van der Waals surface area contributed by atoms with Crippen molar-refractivity contribution in [1.82, 2.24) is 10.2 Å². The van der Waals surface area contributed by atoms with Gasteiger partial charge in [0.2, 0.25) is 0 Å². The van der Waals surface area contributed by atoms with Crippen molar-refractivity contribution in [1.29, 1.82) is 0 Å². The predicted molar refractivity (Wildman–Crippen MR) is 77.9 cm³/mol. The van der Waals surface area contributed by atoms with Gasteiger partial charge in [-0.2, -0.15) is 0 Å². The summed E-state index contributed by atoms with van der Waals surface area (Å²) < 4.78 is 0. The molecule has 0 aromatic heterocycles. The van der Waals surface area contributed by atoms with Crippen LogP contribution in [-0.2, 0) is 0 Å². The Morgan fingerprint density at radius 2 is 1.89 bits per heavy atom. The van der Waals surface area contributed by atoms with Crippen LogP contribution in [0.4, 0.5) is 0 Å². The fourth-order valence-corrected chi connectivity index (χ4v) is 2.68. The number of unbranched alkanes of at least 4 members (excludes halogenated alkanes) is 1. The first-order valence-electron chi connectivity index (χ1n) is 7.78. The lowest BCUT2D eigenvalue weighted by Gasteiger charge is -2.30. The summed E-state index contributed by atoms with van der Waals surface area (Å²) in [6.07, 6.45) is 8.87. The lowest BCUT2D eigenvalue weighted by atomic mass is 9.95. The minimum absolute atomic E-state index is 0.0715. The van der Waals surface area contributed by atoms with E-state index in [1.165, 1.54) is 51.7 Å². The number of piperidine rings is 1. The number of nitrogens with one attached hydrogen (secondary N) is 1. The molecular weight excluding hydrogens is 224 g/mol. The summed E-state index contributed by atoms with van der Waals surface area (Å²) in [5.74, 6) is 0.